The number of rotatable bonds is 6. The van der Waals surface area contributed by atoms with Gasteiger partial charge in [0.2, 0.25) is 0 Å². The van der Waals surface area contributed by atoms with Crippen LogP contribution in [0.3, 0.4) is 0 Å². The monoisotopic (exact) mass is 338 g/mol. The Bertz CT molecular complexity index is 478. The Kier molecular flexibility index (Phi) is 5.29. The van der Waals surface area contributed by atoms with E-state index in [2.05, 4.69) is 6.58 Å². The van der Waals surface area contributed by atoms with Crippen LogP contribution in [-0.4, -0.2) is 40.2 Å². The van der Waals surface area contributed by atoms with Crippen LogP contribution in [0.1, 0.15) is 53.9 Å². The molecule has 1 aliphatic carbocycles. The SMILES string of the molecule is C=C(C)C(=O)OC1CCC1(CC)OC(C)(C)C(C)(O)C(F)(F)F. The molecule has 7 heteroatoms. The topological polar surface area (TPSA) is 55.8 Å². The van der Waals surface area contributed by atoms with Crippen LogP contribution in [0.4, 0.5) is 13.2 Å². The molecule has 1 N–H and O–H groups in total. The minimum atomic E-state index is -4.85. The molecule has 4 nitrogen and oxygen atoms in total. The molecule has 0 aromatic rings. The number of carbonyl (C=O) groups excluding carboxylic acids is 1. The van der Waals surface area contributed by atoms with E-state index in [1.807, 2.05) is 0 Å². The second-order valence-electron chi connectivity index (χ2n) is 6.81. The van der Waals surface area contributed by atoms with Gasteiger partial charge >= 0.3 is 12.1 Å². The number of carbonyl (C=O) groups is 1. The van der Waals surface area contributed by atoms with Crippen LogP contribution in [0.2, 0.25) is 0 Å². The van der Waals surface area contributed by atoms with Crippen LogP contribution in [0.25, 0.3) is 0 Å². The van der Waals surface area contributed by atoms with Crippen molar-refractivity contribution >= 4 is 5.97 Å². The average Bonchev–Trinajstić information content (AvgIpc) is 2.38. The lowest BCUT2D eigenvalue weighted by molar-refractivity contribution is -0.347. The predicted octanol–water partition coefficient (Wildman–Crippen LogP) is 3.53. The van der Waals surface area contributed by atoms with Crippen molar-refractivity contribution in [2.24, 2.45) is 0 Å². The highest BCUT2D eigenvalue weighted by molar-refractivity contribution is 5.87. The van der Waals surface area contributed by atoms with Gasteiger partial charge in [0, 0.05) is 5.57 Å². The molecule has 0 amide bonds. The van der Waals surface area contributed by atoms with Crippen molar-refractivity contribution in [1.29, 1.82) is 0 Å². The number of ether oxygens (including phenoxy) is 2. The van der Waals surface area contributed by atoms with Crippen LogP contribution in [-0.2, 0) is 14.3 Å². The number of aliphatic hydroxyl groups is 1. The predicted molar refractivity (Wildman–Crippen MR) is 78.8 cm³/mol. The van der Waals surface area contributed by atoms with Crippen LogP contribution < -0.4 is 0 Å². The summed E-state index contributed by atoms with van der Waals surface area (Å²) in [5, 5.41) is 9.94. The Labute approximate surface area is 134 Å². The van der Waals surface area contributed by atoms with Gasteiger partial charge in [0.1, 0.15) is 17.3 Å². The lowest BCUT2D eigenvalue weighted by Crippen LogP contribution is -2.66. The zero-order valence-corrected chi connectivity index (χ0v) is 14.2. The Morgan fingerprint density at radius 1 is 1.35 bits per heavy atom. The molecule has 1 fully saturated rings. The maximum atomic E-state index is 13.1. The number of esters is 1. The quantitative estimate of drug-likeness (QED) is 0.595. The van der Waals surface area contributed by atoms with Crippen molar-refractivity contribution in [2.45, 2.75) is 83.0 Å². The lowest BCUT2D eigenvalue weighted by atomic mass is 9.73. The molecule has 0 spiro atoms. The fourth-order valence-corrected chi connectivity index (χ4v) is 2.52. The number of alkyl halides is 3. The Morgan fingerprint density at radius 2 is 1.87 bits per heavy atom. The molecular formula is C16H25F3O4. The lowest BCUT2D eigenvalue weighted by Gasteiger charge is -2.54. The summed E-state index contributed by atoms with van der Waals surface area (Å²) in [5.41, 5.74) is -5.77. The van der Waals surface area contributed by atoms with Crippen LogP contribution >= 0.6 is 0 Å². The number of halogens is 3. The smallest absolute Gasteiger partial charge is 0.419 e. The highest BCUT2D eigenvalue weighted by Gasteiger charge is 2.63. The fraction of sp³-hybridized carbons (Fsp3) is 0.812. The number of hydrogen-bond acceptors (Lipinski definition) is 4. The second-order valence-corrected chi connectivity index (χ2v) is 6.81. The largest absolute Gasteiger partial charge is 0.456 e. The normalized spacial score (nSPS) is 27.8. The zero-order valence-electron chi connectivity index (χ0n) is 14.2. The van der Waals surface area contributed by atoms with Gasteiger partial charge in [-0.15, -0.1) is 0 Å². The van der Waals surface area contributed by atoms with Gasteiger partial charge in [0.15, 0.2) is 5.60 Å². The van der Waals surface area contributed by atoms with E-state index in [4.69, 9.17) is 9.47 Å². The second kappa shape index (κ2) is 6.09. The van der Waals surface area contributed by atoms with Crippen molar-refractivity contribution in [2.75, 3.05) is 0 Å². The standard InChI is InChI=1S/C16H25F3O4/c1-7-15(9-8-11(15)22-12(20)10(2)3)23-13(4,5)14(6,21)16(17,18)19/h11,21H,2,7-9H2,1,3-6H3. The van der Waals surface area contributed by atoms with Gasteiger partial charge in [-0.05, 0) is 47.0 Å². The van der Waals surface area contributed by atoms with E-state index in [1.54, 1.807) is 6.92 Å². The third-order valence-electron chi connectivity index (χ3n) is 4.80. The maximum Gasteiger partial charge on any atom is 0.419 e. The van der Waals surface area contributed by atoms with Gasteiger partial charge in [-0.3, -0.25) is 0 Å². The Morgan fingerprint density at radius 3 is 2.17 bits per heavy atom. The van der Waals surface area contributed by atoms with Crippen molar-refractivity contribution in [3.63, 3.8) is 0 Å². The van der Waals surface area contributed by atoms with Gasteiger partial charge in [0.25, 0.3) is 0 Å². The molecule has 1 rings (SSSR count). The summed E-state index contributed by atoms with van der Waals surface area (Å²) in [4.78, 5) is 11.7. The van der Waals surface area contributed by atoms with E-state index in [1.165, 1.54) is 20.8 Å². The first-order chi connectivity index (χ1) is 10.2. The first kappa shape index (κ1) is 20.0. The van der Waals surface area contributed by atoms with Crippen molar-refractivity contribution in [1.82, 2.24) is 0 Å². The van der Waals surface area contributed by atoms with Crippen molar-refractivity contribution in [3.8, 4) is 0 Å². The molecule has 0 radical (unpaired) electrons. The average molecular weight is 338 g/mol. The molecule has 1 saturated carbocycles. The molecule has 0 saturated heterocycles. The molecular weight excluding hydrogens is 313 g/mol. The van der Waals surface area contributed by atoms with Crippen LogP contribution in [0.5, 0.6) is 0 Å². The van der Waals surface area contributed by atoms with E-state index < -0.39 is 35.1 Å². The van der Waals surface area contributed by atoms with Crippen molar-refractivity contribution in [3.05, 3.63) is 12.2 Å². The maximum absolute atomic E-state index is 13.1. The Balaban J connectivity index is 2.99. The summed E-state index contributed by atoms with van der Waals surface area (Å²) in [6.45, 7) is 9.79. The van der Waals surface area contributed by atoms with Gasteiger partial charge < -0.3 is 14.6 Å². The Hall–Kier alpha value is -1.08. The number of hydrogen-bond donors (Lipinski definition) is 1. The first-order valence-electron chi connectivity index (χ1n) is 7.56. The van der Waals surface area contributed by atoms with E-state index in [0.717, 1.165) is 0 Å². The third-order valence-corrected chi connectivity index (χ3v) is 4.80. The fourth-order valence-electron chi connectivity index (χ4n) is 2.52. The summed E-state index contributed by atoms with van der Waals surface area (Å²) < 4.78 is 50.3. The minimum Gasteiger partial charge on any atom is -0.456 e. The molecule has 1 aliphatic rings. The molecule has 23 heavy (non-hydrogen) atoms. The first-order valence-corrected chi connectivity index (χ1v) is 7.56. The van der Waals surface area contributed by atoms with E-state index >= 15 is 0 Å². The molecule has 0 heterocycles. The van der Waals surface area contributed by atoms with Gasteiger partial charge in [-0.25, -0.2) is 4.79 Å². The minimum absolute atomic E-state index is 0.212. The van der Waals surface area contributed by atoms with E-state index in [-0.39, 0.29) is 5.57 Å². The molecule has 0 bridgehead atoms. The van der Waals surface area contributed by atoms with Crippen LogP contribution in [0.15, 0.2) is 12.2 Å². The summed E-state index contributed by atoms with van der Waals surface area (Å²) in [5.74, 6) is -0.600. The third kappa shape index (κ3) is 3.55. The summed E-state index contributed by atoms with van der Waals surface area (Å²) >= 11 is 0. The van der Waals surface area contributed by atoms with E-state index in [0.29, 0.717) is 26.2 Å². The molecule has 134 valence electrons. The molecule has 3 unspecified atom stereocenters. The molecule has 0 aromatic heterocycles. The summed E-state index contributed by atoms with van der Waals surface area (Å²) in [6.07, 6.45) is -4.19. The summed E-state index contributed by atoms with van der Waals surface area (Å²) in [7, 11) is 0. The highest BCUT2D eigenvalue weighted by atomic mass is 19.4. The van der Waals surface area contributed by atoms with Gasteiger partial charge in [-0.2, -0.15) is 13.2 Å². The molecule has 3 atom stereocenters. The van der Waals surface area contributed by atoms with Gasteiger partial charge in [0.05, 0.1) is 0 Å². The molecule has 0 aromatic carbocycles. The van der Waals surface area contributed by atoms with Gasteiger partial charge in [-0.1, -0.05) is 13.5 Å². The summed E-state index contributed by atoms with van der Waals surface area (Å²) in [6, 6.07) is 0. The highest BCUT2D eigenvalue weighted by Crippen LogP contribution is 2.48. The zero-order chi connectivity index (χ0) is 18.3. The van der Waals surface area contributed by atoms with Crippen molar-refractivity contribution < 1.29 is 32.5 Å². The molecule has 0 aliphatic heterocycles. The van der Waals surface area contributed by atoms with Crippen LogP contribution in [0, 0.1) is 0 Å². The van der Waals surface area contributed by atoms with E-state index in [9.17, 15) is 23.1 Å².